The largest absolute Gasteiger partial charge is 0.352 e. The summed E-state index contributed by atoms with van der Waals surface area (Å²) >= 11 is 0. The second-order valence-corrected chi connectivity index (χ2v) is 4.12. The molecule has 2 rings (SSSR count). The number of carbonyl (C=O) groups is 1. The van der Waals surface area contributed by atoms with Crippen molar-refractivity contribution < 1.29 is 18.0 Å². The number of H-pyrrole nitrogens is 1. The minimum Gasteiger partial charge on any atom is -0.352 e. The van der Waals surface area contributed by atoms with Gasteiger partial charge in [-0.15, -0.1) is 0 Å². The Labute approximate surface area is 113 Å². The Morgan fingerprint density at radius 2 is 2.05 bits per heavy atom. The quantitative estimate of drug-likeness (QED) is 0.653. The van der Waals surface area contributed by atoms with E-state index >= 15 is 0 Å². The SMILES string of the molecule is O=C(NCCCc1ncc[nH]1)c1ccc(F)c(F)c1F. The molecule has 0 aliphatic carbocycles. The number of nitrogens with one attached hydrogen (secondary N) is 2. The summed E-state index contributed by atoms with van der Waals surface area (Å²) in [5, 5.41) is 2.44. The topological polar surface area (TPSA) is 57.8 Å². The van der Waals surface area contributed by atoms with Crippen molar-refractivity contribution in [1.82, 2.24) is 15.3 Å². The molecule has 20 heavy (non-hydrogen) atoms. The van der Waals surface area contributed by atoms with Crippen LogP contribution in [0.2, 0.25) is 0 Å². The Kier molecular flexibility index (Phi) is 4.39. The number of hydrogen-bond donors (Lipinski definition) is 2. The average molecular weight is 283 g/mol. The van der Waals surface area contributed by atoms with Crippen LogP contribution in [0.4, 0.5) is 13.2 Å². The molecule has 0 atom stereocenters. The zero-order valence-corrected chi connectivity index (χ0v) is 10.4. The lowest BCUT2D eigenvalue weighted by atomic mass is 10.2. The van der Waals surface area contributed by atoms with E-state index in [9.17, 15) is 18.0 Å². The predicted molar refractivity (Wildman–Crippen MR) is 65.6 cm³/mol. The van der Waals surface area contributed by atoms with Crippen molar-refractivity contribution in [3.8, 4) is 0 Å². The van der Waals surface area contributed by atoms with Gasteiger partial charge in [0.2, 0.25) is 0 Å². The lowest BCUT2D eigenvalue weighted by molar-refractivity contribution is 0.0948. The molecule has 0 aliphatic rings. The normalized spacial score (nSPS) is 10.6. The smallest absolute Gasteiger partial charge is 0.254 e. The van der Waals surface area contributed by atoms with Crippen LogP contribution in [-0.2, 0) is 6.42 Å². The molecule has 0 bridgehead atoms. The average Bonchev–Trinajstić information content (AvgIpc) is 2.94. The highest BCUT2D eigenvalue weighted by Gasteiger charge is 2.18. The Bertz CT molecular complexity index is 599. The molecule has 1 aromatic carbocycles. The summed E-state index contributed by atoms with van der Waals surface area (Å²) in [5.74, 6) is -4.45. The van der Waals surface area contributed by atoms with Crippen LogP contribution in [0.25, 0.3) is 0 Å². The summed E-state index contributed by atoms with van der Waals surface area (Å²) < 4.78 is 39.1. The van der Waals surface area contributed by atoms with Gasteiger partial charge in [-0.1, -0.05) is 0 Å². The summed E-state index contributed by atoms with van der Waals surface area (Å²) in [4.78, 5) is 18.5. The summed E-state index contributed by atoms with van der Waals surface area (Å²) in [7, 11) is 0. The molecular formula is C13H12F3N3O. The third kappa shape index (κ3) is 3.17. The van der Waals surface area contributed by atoms with E-state index in [4.69, 9.17) is 0 Å². The van der Waals surface area contributed by atoms with Gasteiger partial charge in [0.25, 0.3) is 5.91 Å². The van der Waals surface area contributed by atoms with Crippen LogP contribution in [-0.4, -0.2) is 22.4 Å². The second kappa shape index (κ2) is 6.23. The first-order valence-corrected chi connectivity index (χ1v) is 5.99. The third-order valence-electron chi connectivity index (χ3n) is 2.71. The van der Waals surface area contributed by atoms with Gasteiger partial charge < -0.3 is 10.3 Å². The molecule has 0 saturated heterocycles. The van der Waals surface area contributed by atoms with Crippen LogP contribution in [0.5, 0.6) is 0 Å². The number of aromatic nitrogens is 2. The number of imidazole rings is 1. The summed E-state index contributed by atoms with van der Waals surface area (Å²) in [5.41, 5.74) is -0.512. The maximum atomic E-state index is 13.4. The number of amides is 1. The number of hydrogen-bond acceptors (Lipinski definition) is 2. The maximum Gasteiger partial charge on any atom is 0.254 e. The Balaban J connectivity index is 1.87. The molecule has 7 heteroatoms. The van der Waals surface area contributed by atoms with E-state index in [1.807, 2.05) is 0 Å². The number of benzene rings is 1. The number of rotatable bonds is 5. The van der Waals surface area contributed by atoms with Crippen molar-refractivity contribution >= 4 is 5.91 Å². The van der Waals surface area contributed by atoms with Gasteiger partial charge in [-0.2, -0.15) is 0 Å². The fourth-order valence-corrected chi connectivity index (χ4v) is 1.69. The molecule has 1 aromatic heterocycles. The lowest BCUT2D eigenvalue weighted by Gasteiger charge is -2.06. The van der Waals surface area contributed by atoms with E-state index in [0.29, 0.717) is 12.8 Å². The van der Waals surface area contributed by atoms with Crippen molar-refractivity contribution in [2.45, 2.75) is 12.8 Å². The lowest BCUT2D eigenvalue weighted by Crippen LogP contribution is -2.26. The van der Waals surface area contributed by atoms with Gasteiger partial charge in [-0.25, -0.2) is 18.2 Å². The highest BCUT2D eigenvalue weighted by Crippen LogP contribution is 2.14. The molecule has 2 aromatic rings. The molecule has 1 amide bonds. The van der Waals surface area contributed by atoms with Crippen LogP contribution in [0.15, 0.2) is 24.5 Å². The van der Waals surface area contributed by atoms with Gasteiger partial charge in [-0.05, 0) is 18.6 Å². The van der Waals surface area contributed by atoms with Gasteiger partial charge in [0.05, 0.1) is 5.56 Å². The summed E-state index contributed by atoms with van der Waals surface area (Å²) in [6.45, 7) is 0.276. The number of carbonyl (C=O) groups excluding carboxylic acids is 1. The molecule has 1 heterocycles. The molecule has 0 saturated carbocycles. The standard InChI is InChI=1S/C13H12F3N3O/c14-9-4-3-8(11(15)12(9)16)13(20)19-5-1-2-10-17-6-7-18-10/h3-4,6-7H,1-2,5H2,(H,17,18)(H,19,20). The zero-order chi connectivity index (χ0) is 14.5. The number of nitrogens with zero attached hydrogens (tertiary/aromatic N) is 1. The van der Waals surface area contributed by atoms with E-state index < -0.39 is 28.9 Å². The molecule has 2 N–H and O–H groups in total. The van der Waals surface area contributed by atoms with E-state index in [0.717, 1.165) is 18.0 Å². The maximum absolute atomic E-state index is 13.4. The number of halogens is 3. The third-order valence-corrected chi connectivity index (χ3v) is 2.71. The molecule has 0 aliphatic heterocycles. The first-order valence-electron chi connectivity index (χ1n) is 5.99. The fraction of sp³-hybridized carbons (Fsp3) is 0.231. The van der Waals surface area contributed by atoms with Crippen LogP contribution < -0.4 is 5.32 Å². The number of aryl methyl sites for hydroxylation is 1. The van der Waals surface area contributed by atoms with Crippen LogP contribution in [0.1, 0.15) is 22.6 Å². The van der Waals surface area contributed by atoms with Gasteiger partial charge in [-0.3, -0.25) is 4.79 Å². The van der Waals surface area contributed by atoms with Gasteiger partial charge in [0.1, 0.15) is 5.82 Å². The molecule has 0 unspecified atom stereocenters. The van der Waals surface area contributed by atoms with Crippen molar-refractivity contribution in [2.75, 3.05) is 6.54 Å². The summed E-state index contributed by atoms with van der Waals surface area (Å²) in [6.07, 6.45) is 4.51. The summed E-state index contributed by atoms with van der Waals surface area (Å²) in [6, 6.07) is 1.63. The van der Waals surface area contributed by atoms with E-state index in [1.165, 1.54) is 0 Å². The Morgan fingerprint density at radius 3 is 2.75 bits per heavy atom. The highest BCUT2D eigenvalue weighted by atomic mass is 19.2. The van der Waals surface area contributed by atoms with Crippen LogP contribution >= 0.6 is 0 Å². The van der Waals surface area contributed by atoms with Crippen molar-refractivity contribution in [2.24, 2.45) is 0 Å². The fourth-order valence-electron chi connectivity index (χ4n) is 1.69. The van der Waals surface area contributed by atoms with E-state index in [1.54, 1.807) is 12.4 Å². The van der Waals surface area contributed by atoms with Gasteiger partial charge in [0, 0.05) is 25.4 Å². The minimum absolute atomic E-state index is 0.276. The molecule has 4 nitrogen and oxygen atoms in total. The van der Waals surface area contributed by atoms with Gasteiger partial charge in [0.15, 0.2) is 17.5 Å². The minimum atomic E-state index is -1.65. The first-order chi connectivity index (χ1) is 9.59. The predicted octanol–water partition coefficient (Wildman–Crippen LogP) is 2.19. The van der Waals surface area contributed by atoms with Crippen LogP contribution in [0, 0.1) is 17.5 Å². The molecular weight excluding hydrogens is 271 g/mol. The zero-order valence-electron chi connectivity index (χ0n) is 10.4. The van der Waals surface area contributed by atoms with E-state index in [-0.39, 0.29) is 6.54 Å². The highest BCUT2D eigenvalue weighted by molar-refractivity contribution is 5.94. The first kappa shape index (κ1) is 14.1. The molecule has 0 radical (unpaired) electrons. The Hall–Kier alpha value is -2.31. The van der Waals surface area contributed by atoms with Crippen molar-refractivity contribution in [1.29, 1.82) is 0 Å². The second-order valence-electron chi connectivity index (χ2n) is 4.12. The molecule has 106 valence electrons. The van der Waals surface area contributed by atoms with Gasteiger partial charge >= 0.3 is 0 Å². The molecule has 0 spiro atoms. The number of aromatic amines is 1. The van der Waals surface area contributed by atoms with E-state index in [2.05, 4.69) is 15.3 Å². The van der Waals surface area contributed by atoms with Crippen LogP contribution in [0.3, 0.4) is 0 Å². The molecule has 0 fully saturated rings. The Morgan fingerprint density at radius 1 is 1.25 bits per heavy atom. The van der Waals surface area contributed by atoms with Crippen molar-refractivity contribution in [3.05, 3.63) is 53.4 Å². The monoisotopic (exact) mass is 283 g/mol. The van der Waals surface area contributed by atoms with Crippen molar-refractivity contribution in [3.63, 3.8) is 0 Å².